The molecule has 0 aliphatic heterocycles. The summed E-state index contributed by atoms with van der Waals surface area (Å²) in [6, 6.07) is 0. The fraction of sp³-hybridized carbons (Fsp3) is 0.556. The highest BCUT2D eigenvalue weighted by Gasteiger charge is 2.11. The Kier molecular flexibility index (Phi) is 2.28. The van der Waals surface area contributed by atoms with Crippen molar-refractivity contribution in [2.45, 2.75) is 26.4 Å². The average molecular weight is 138 g/mol. The maximum atomic E-state index is 9.42. The molecule has 0 aromatic heterocycles. The predicted octanol–water partition coefficient (Wildman–Crippen LogP) is 1.89. The summed E-state index contributed by atoms with van der Waals surface area (Å²) in [5.41, 5.74) is 1.07. The van der Waals surface area contributed by atoms with E-state index in [1.807, 2.05) is 19.1 Å². The molecular weight excluding hydrogens is 124 g/mol. The van der Waals surface area contributed by atoms with E-state index >= 15 is 0 Å². The second-order valence-corrected chi connectivity index (χ2v) is 3.02. The Morgan fingerprint density at radius 3 is 3.00 bits per heavy atom. The summed E-state index contributed by atoms with van der Waals surface area (Å²) in [6.45, 7) is 4.08. The standard InChI is InChI=1S/C9H14O/c1-7-4-3-5-8(2)9(10)6-7/h3-5,7,9-10H,6H2,1-2H3. The van der Waals surface area contributed by atoms with Crippen LogP contribution in [0, 0.1) is 5.92 Å². The molecule has 0 aromatic rings. The van der Waals surface area contributed by atoms with Crippen LogP contribution in [-0.4, -0.2) is 11.2 Å². The predicted molar refractivity (Wildman–Crippen MR) is 42.7 cm³/mol. The molecule has 0 heterocycles. The van der Waals surface area contributed by atoms with Gasteiger partial charge in [0.15, 0.2) is 0 Å². The van der Waals surface area contributed by atoms with Gasteiger partial charge in [0.05, 0.1) is 6.10 Å². The molecule has 0 bridgehead atoms. The Morgan fingerprint density at radius 1 is 1.60 bits per heavy atom. The van der Waals surface area contributed by atoms with Crippen LogP contribution >= 0.6 is 0 Å². The van der Waals surface area contributed by atoms with Gasteiger partial charge in [0.25, 0.3) is 0 Å². The van der Waals surface area contributed by atoms with Crippen LogP contribution in [0.1, 0.15) is 20.3 Å². The molecule has 0 fully saturated rings. The van der Waals surface area contributed by atoms with Crippen molar-refractivity contribution in [3.05, 3.63) is 23.8 Å². The van der Waals surface area contributed by atoms with Crippen molar-refractivity contribution < 1.29 is 5.11 Å². The lowest BCUT2D eigenvalue weighted by molar-refractivity contribution is 0.189. The molecule has 0 spiro atoms. The van der Waals surface area contributed by atoms with Crippen LogP contribution in [0.4, 0.5) is 0 Å². The summed E-state index contributed by atoms with van der Waals surface area (Å²) in [5.74, 6) is 0.503. The Labute approximate surface area is 62.1 Å². The molecule has 10 heavy (non-hydrogen) atoms. The van der Waals surface area contributed by atoms with E-state index in [1.165, 1.54) is 0 Å². The van der Waals surface area contributed by atoms with E-state index in [0.717, 1.165) is 12.0 Å². The van der Waals surface area contributed by atoms with Crippen LogP contribution in [0.25, 0.3) is 0 Å². The van der Waals surface area contributed by atoms with Gasteiger partial charge in [0.2, 0.25) is 0 Å². The molecule has 0 saturated carbocycles. The molecule has 1 N–H and O–H groups in total. The van der Waals surface area contributed by atoms with Crippen LogP contribution < -0.4 is 0 Å². The fourth-order valence-corrected chi connectivity index (χ4v) is 1.12. The second-order valence-electron chi connectivity index (χ2n) is 3.02. The molecule has 0 aromatic carbocycles. The van der Waals surface area contributed by atoms with Gasteiger partial charge in [0.1, 0.15) is 0 Å². The highest BCUT2D eigenvalue weighted by atomic mass is 16.3. The van der Waals surface area contributed by atoms with Crippen molar-refractivity contribution >= 4 is 0 Å². The van der Waals surface area contributed by atoms with Crippen molar-refractivity contribution in [2.24, 2.45) is 5.92 Å². The minimum Gasteiger partial charge on any atom is -0.389 e. The molecule has 1 heteroatoms. The van der Waals surface area contributed by atoms with Gasteiger partial charge in [-0.15, -0.1) is 0 Å². The highest BCUT2D eigenvalue weighted by Crippen LogP contribution is 2.17. The smallest absolute Gasteiger partial charge is 0.0756 e. The number of rotatable bonds is 0. The van der Waals surface area contributed by atoms with E-state index in [4.69, 9.17) is 0 Å². The second kappa shape index (κ2) is 3.02. The van der Waals surface area contributed by atoms with Gasteiger partial charge in [-0.3, -0.25) is 0 Å². The number of hydrogen-bond donors (Lipinski definition) is 1. The zero-order valence-corrected chi connectivity index (χ0v) is 6.54. The summed E-state index contributed by atoms with van der Waals surface area (Å²) in [6.07, 6.45) is 6.76. The van der Waals surface area contributed by atoms with E-state index in [2.05, 4.69) is 13.0 Å². The number of allylic oxidation sites excluding steroid dienone is 3. The van der Waals surface area contributed by atoms with Crippen molar-refractivity contribution in [3.8, 4) is 0 Å². The molecule has 1 rings (SSSR count). The number of aliphatic hydroxyl groups is 1. The lowest BCUT2D eigenvalue weighted by Crippen LogP contribution is -2.10. The normalized spacial score (nSPS) is 33.3. The highest BCUT2D eigenvalue weighted by molar-refractivity contribution is 5.17. The molecule has 1 nitrogen and oxygen atoms in total. The Bertz CT molecular complexity index is 168. The van der Waals surface area contributed by atoms with Gasteiger partial charge in [-0.1, -0.05) is 25.2 Å². The third-order valence-electron chi connectivity index (χ3n) is 1.92. The van der Waals surface area contributed by atoms with E-state index < -0.39 is 0 Å². The Hall–Kier alpha value is -0.560. The summed E-state index contributed by atoms with van der Waals surface area (Å²) in [7, 11) is 0. The van der Waals surface area contributed by atoms with Crippen LogP contribution in [0.2, 0.25) is 0 Å². The minimum atomic E-state index is -0.231. The van der Waals surface area contributed by atoms with Gasteiger partial charge >= 0.3 is 0 Å². The molecule has 1 aliphatic carbocycles. The molecule has 56 valence electrons. The molecule has 2 atom stereocenters. The van der Waals surface area contributed by atoms with Crippen LogP contribution in [0.15, 0.2) is 23.8 Å². The van der Waals surface area contributed by atoms with Crippen molar-refractivity contribution in [2.75, 3.05) is 0 Å². The van der Waals surface area contributed by atoms with E-state index in [9.17, 15) is 5.11 Å². The molecule has 0 radical (unpaired) electrons. The first-order chi connectivity index (χ1) is 4.70. The van der Waals surface area contributed by atoms with Crippen molar-refractivity contribution in [1.29, 1.82) is 0 Å². The molecule has 0 amide bonds. The largest absolute Gasteiger partial charge is 0.389 e. The van der Waals surface area contributed by atoms with Crippen LogP contribution in [-0.2, 0) is 0 Å². The first-order valence-corrected chi connectivity index (χ1v) is 3.73. The number of aliphatic hydroxyl groups excluding tert-OH is 1. The minimum absolute atomic E-state index is 0.231. The maximum Gasteiger partial charge on any atom is 0.0756 e. The maximum absolute atomic E-state index is 9.42. The summed E-state index contributed by atoms with van der Waals surface area (Å²) in [5, 5.41) is 9.42. The molecular formula is C9H14O. The third kappa shape index (κ3) is 1.71. The molecule has 0 saturated heterocycles. The summed E-state index contributed by atoms with van der Waals surface area (Å²) < 4.78 is 0. The SMILES string of the molecule is CC1=CC=CC(C)CC1O. The van der Waals surface area contributed by atoms with Gasteiger partial charge in [0, 0.05) is 0 Å². The zero-order chi connectivity index (χ0) is 7.56. The zero-order valence-electron chi connectivity index (χ0n) is 6.54. The van der Waals surface area contributed by atoms with E-state index in [1.54, 1.807) is 0 Å². The summed E-state index contributed by atoms with van der Waals surface area (Å²) >= 11 is 0. The summed E-state index contributed by atoms with van der Waals surface area (Å²) in [4.78, 5) is 0. The van der Waals surface area contributed by atoms with Crippen LogP contribution in [0.5, 0.6) is 0 Å². The average Bonchev–Trinajstić information content (AvgIpc) is 1.96. The Morgan fingerprint density at radius 2 is 2.30 bits per heavy atom. The third-order valence-corrected chi connectivity index (χ3v) is 1.92. The van der Waals surface area contributed by atoms with Gasteiger partial charge in [-0.25, -0.2) is 0 Å². The Balaban J connectivity index is 2.67. The first kappa shape index (κ1) is 7.55. The van der Waals surface area contributed by atoms with E-state index in [0.29, 0.717) is 5.92 Å². The fourth-order valence-electron chi connectivity index (χ4n) is 1.12. The lowest BCUT2D eigenvalue weighted by atomic mass is 10.0. The van der Waals surface area contributed by atoms with Crippen LogP contribution in [0.3, 0.4) is 0 Å². The quantitative estimate of drug-likeness (QED) is 0.542. The molecule has 1 aliphatic rings. The van der Waals surface area contributed by atoms with Crippen molar-refractivity contribution in [1.82, 2.24) is 0 Å². The lowest BCUT2D eigenvalue weighted by Gasteiger charge is -2.10. The van der Waals surface area contributed by atoms with Crippen molar-refractivity contribution in [3.63, 3.8) is 0 Å². The van der Waals surface area contributed by atoms with Gasteiger partial charge < -0.3 is 5.11 Å². The topological polar surface area (TPSA) is 20.2 Å². The molecule has 2 unspecified atom stereocenters. The monoisotopic (exact) mass is 138 g/mol. The van der Waals surface area contributed by atoms with E-state index in [-0.39, 0.29) is 6.10 Å². The van der Waals surface area contributed by atoms with Gasteiger partial charge in [-0.2, -0.15) is 0 Å². The first-order valence-electron chi connectivity index (χ1n) is 3.73. The number of hydrogen-bond acceptors (Lipinski definition) is 1. The van der Waals surface area contributed by atoms with Gasteiger partial charge in [-0.05, 0) is 24.8 Å².